The lowest BCUT2D eigenvalue weighted by atomic mass is 10.0. The van der Waals surface area contributed by atoms with Gasteiger partial charge in [0.1, 0.15) is 22.3 Å². The Morgan fingerprint density at radius 1 is 0.271 bits per heavy atom. The number of nitrogens with zero attached hydrogens (tertiary/aromatic N) is 2. The molecule has 0 aliphatic heterocycles. The molecule has 0 radical (unpaired) electrons. The van der Waals surface area contributed by atoms with Crippen molar-refractivity contribution in [3.05, 3.63) is 192 Å². The maximum Gasteiger partial charge on any atom is 0.416 e. The number of rotatable bonds is 6. The molecule has 350 valence electrons. The molecule has 0 unspecified atom stereocenters. The van der Waals surface area contributed by atoms with Crippen LogP contribution in [0.25, 0.3) is 65.4 Å². The summed E-state index contributed by atoms with van der Waals surface area (Å²) in [6, 6.07) is 38.6. The van der Waals surface area contributed by atoms with Crippen molar-refractivity contribution in [1.29, 1.82) is 0 Å². The van der Waals surface area contributed by atoms with Crippen molar-refractivity contribution in [2.75, 3.05) is 9.80 Å². The minimum Gasteiger partial charge on any atom is -0.455 e. The Morgan fingerprint density at radius 2 is 0.571 bits per heavy atom. The molecular formula is C54H28F12N2O2. The van der Waals surface area contributed by atoms with E-state index >= 15 is 0 Å². The van der Waals surface area contributed by atoms with Gasteiger partial charge in [-0.05, 0) is 168 Å². The molecule has 0 saturated carbocycles. The van der Waals surface area contributed by atoms with Crippen LogP contribution in [0, 0.1) is 0 Å². The van der Waals surface area contributed by atoms with Crippen molar-refractivity contribution in [2.45, 2.75) is 24.7 Å². The lowest BCUT2D eigenvalue weighted by Gasteiger charge is -2.26. The smallest absolute Gasteiger partial charge is 0.416 e. The van der Waals surface area contributed by atoms with Gasteiger partial charge in [-0.25, -0.2) is 0 Å². The van der Waals surface area contributed by atoms with Crippen LogP contribution in [-0.2, 0) is 24.7 Å². The van der Waals surface area contributed by atoms with Crippen LogP contribution < -0.4 is 9.80 Å². The number of hydrogen-bond donors (Lipinski definition) is 0. The average Bonchev–Trinajstić information content (AvgIpc) is 3.90. The van der Waals surface area contributed by atoms with Gasteiger partial charge in [0.15, 0.2) is 0 Å². The number of hydrogen-bond acceptors (Lipinski definition) is 4. The van der Waals surface area contributed by atoms with E-state index in [0.29, 0.717) is 66.0 Å². The van der Waals surface area contributed by atoms with Crippen molar-refractivity contribution >= 4 is 99.5 Å². The highest BCUT2D eigenvalue weighted by Gasteiger charge is 2.34. The summed E-state index contributed by atoms with van der Waals surface area (Å²) in [5.74, 6) is 0. The summed E-state index contributed by atoms with van der Waals surface area (Å²) < 4.78 is 175. The van der Waals surface area contributed by atoms with E-state index in [1.807, 2.05) is 36.4 Å². The molecule has 0 bridgehead atoms. The minimum absolute atomic E-state index is 0.267. The number of fused-ring (bicyclic) bond motifs is 11. The summed E-state index contributed by atoms with van der Waals surface area (Å²) in [7, 11) is 0. The Hall–Kier alpha value is -8.14. The lowest BCUT2D eigenvalue weighted by Crippen LogP contribution is -2.12. The molecule has 9 aromatic carbocycles. The molecule has 70 heavy (non-hydrogen) atoms. The largest absolute Gasteiger partial charge is 0.455 e. The molecule has 16 heteroatoms. The first kappa shape index (κ1) is 44.4. The number of benzene rings is 9. The zero-order valence-electron chi connectivity index (χ0n) is 35.4. The highest BCUT2D eigenvalue weighted by atomic mass is 19.4. The summed E-state index contributed by atoms with van der Waals surface area (Å²) in [6.45, 7) is 0. The van der Waals surface area contributed by atoms with Gasteiger partial charge in [-0.2, -0.15) is 52.7 Å². The van der Waals surface area contributed by atoms with Gasteiger partial charge in [0.05, 0.1) is 27.6 Å². The van der Waals surface area contributed by atoms with E-state index in [-0.39, 0.29) is 22.7 Å². The van der Waals surface area contributed by atoms with Crippen molar-refractivity contribution < 1.29 is 61.5 Å². The molecule has 0 N–H and O–H groups in total. The lowest BCUT2D eigenvalue weighted by molar-refractivity contribution is -0.138. The van der Waals surface area contributed by atoms with Crippen molar-refractivity contribution in [3.63, 3.8) is 0 Å². The Balaban J connectivity index is 1.00. The second-order valence-corrected chi connectivity index (χ2v) is 16.6. The third-order valence-corrected chi connectivity index (χ3v) is 12.3. The van der Waals surface area contributed by atoms with Crippen LogP contribution in [0.3, 0.4) is 0 Å². The zero-order chi connectivity index (χ0) is 49.1. The molecule has 11 rings (SSSR count). The van der Waals surface area contributed by atoms with Crippen molar-refractivity contribution in [2.24, 2.45) is 0 Å². The van der Waals surface area contributed by atoms with Crippen LogP contribution in [0.2, 0.25) is 0 Å². The van der Waals surface area contributed by atoms with Crippen LogP contribution in [0.5, 0.6) is 0 Å². The fraction of sp³-hybridized carbons (Fsp3) is 0.0741. The molecule has 0 aliphatic carbocycles. The van der Waals surface area contributed by atoms with Crippen LogP contribution in [0.1, 0.15) is 22.3 Å². The zero-order valence-corrected chi connectivity index (χ0v) is 35.4. The molecule has 0 saturated heterocycles. The van der Waals surface area contributed by atoms with Crippen LogP contribution in [0.15, 0.2) is 179 Å². The molecular weight excluding hydrogens is 937 g/mol. The van der Waals surface area contributed by atoms with Gasteiger partial charge in [-0.15, -0.1) is 0 Å². The highest BCUT2D eigenvalue weighted by Crippen LogP contribution is 2.46. The van der Waals surface area contributed by atoms with E-state index in [2.05, 4.69) is 0 Å². The summed E-state index contributed by atoms with van der Waals surface area (Å²) in [4.78, 5) is 3.10. The summed E-state index contributed by atoms with van der Waals surface area (Å²) in [5.41, 5.74) is 0.388. The first-order valence-electron chi connectivity index (χ1n) is 21.2. The number of halogens is 12. The maximum absolute atomic E-state index is 13.5. The van der Waals surface area contributed by atoms with Crippen LogP contribution in [-0.4, -0.2) is 0 Å². The van der Waals surface area contributed by atoms with Gasteiger partial charge in [0, 0.05) is 61.1 Å². The predicted molar refractivity (Wildman–Crippen MR) is 245 cm³/mol. The van der Waals surface area contributed by atoms with E-state index in [0.717, 1.165) is 59.3 Å². The molecule has 4 nitrogen and oxygen atoms in total. The van der Waals surface area contributed by atoms with Crippen LogP contribution >= 0.6 is 0 Å². The summed E-state index contributed by atoms with van der Waals surface area (Å²) in [5, 5.41) is 5.50. The number of furan rings is 2. The van der Waals surface area contributed by atoms with Gasteiger partial charge in [-0.1, -0.05) is 12.1 Å². The van der Waals surface area contributed by atoms with Gasteiger partial charge in [0.25, 0.3) is 0 Å². The summed E-state index contributed by atoms with van der Waals surface area (Å²) in [6.07, 6.45) is -18.4. The van der Waals surface area contributed by atoms with Gasteiger partial charge in [-0.3, -0.25) is 0 Å². The fourth-order valence-electron chi connectivity index (χ4n) is 9.01. The normalized spacial score (nSPS) is 12.9. The first-order chi connectivity index (χ1) is 33.2. The third-order valence-electron chi connectivity index (χ3n) is 12.3. The monoisotopic (exact) mass is 964 g/mol. The second-order valence-electron chi connectivity index (χ2n) is 16.6. The Labute approximate surface area is 386 Å². The second kappa shape index (κ2) is 15.7. The molecule has 0 aliphatic rings. The van der Waals surface area contributed by atoms with E-state index in [4.69, 9.17) is 8.83 Å². The first-order valence-corrected chi connectivity index (χ1v) is 21.2. The van der Waals surface area contributed by atoms with Crippen molar-refractivity contribution in [3.8, 4) is 0 Å². The Morgan fingerprint density at radius 3 is 0.943 bits per heavy atom. The maximum atomic E-state index is 13.5. The van der Waals surface area contributed by atoms with Crippen LogP contribution in [0.4, 0.5) is 86.8 Å². The summed E-state index contributed by atoms with van der Waals surface area (Å²) >= 11 is 0. The van der Waals surface area contributed by atoms with Crippen molar-refractivity contribution in [1.82, 2.24) is 0 Å². The average molecular weight is 965 g/mol. The van der Waals surface area contributed by atoms with E-state index in [9.17, 15) is 52.7 Å². The minimum atomic E-state index is -4.61. The third kappa shape index (κ3) is 7.63. The Kier molecular flexibility index (Phi) is 9.95. The van der Waals surface area contributed by atoms with Gasteiger partial charge in [0.2, 0.25) is 0 Å². The molecule has 0 atom stereocenters. The molecule has 2 heterocycles. The van der Waals surface area contributed by atoms with E-state index in [1.54, 1.807) is 46.2 Å². The number of anilines is 6. The SMILES string of the molecule is FC(F)(F)c1ccc(N(c2ccc(C(F)(F)F)cc2)c2ccc3c(ccc4c5ccc6oc7c8ccc(N(c9ccc(C(F)(F)F)cc9)c9ccc(C(F)(F)F)cc9)cc8ccc7c6c5oc34)c2)cc1. The predicted octanol–water partition coefficient (Wildman–Crippen LogP) is 18.8. The van der Waals surface area contributed by atoms with Gasteiger partial charge < -0.3 is 18.6 Å². The Bertz CT molecular complexity index is 3700. The van der Waals surface area contributed by atoms with E-state index in [1.165, 1.54) is 48.5 Å². The van der Waals surface area contributed by atoms with Gasteiger partial charge >= 0.3 is 24.7 Å². The molecule has 11 aromatic rings. The topological polar surface area (TPSA) is 32.8 Å². The quantitative estimate of drug-likeness (QED) is 0.156. The molecule has 0 fully saturated rings. The van der Waals surface area contributed by atoms with E-state index < -0.39 is 47.0 Å². The molecule has 0 spiro atoms. The molecule has 2 aromatic heterocycles. The standard InChI is InChI=1S/C54H28F12N2O2/c55-51(56,57)31-3-11-35(12-4-31)67(36-13-5-32(6-14-36)52(58,59)60)39-19-23-41-29(27-39)1-21-43-44-25-26-46-47(50(44)70-48(41)43)45-22-2-30-28-40(20-24-42(30)49(45)69-46)68(37-15-7-33(8-16-37)53(61,62)63)38-17-9-34(10-18-38)54(64,65)66/h1-28H. The highest BCUT2D eigenvalue weighted by molar-refractivity contribution is 6.27. The fourth-order valence-corrected chi connectivity index (χ4v) is 9.01. The number of alkyl halides is 12. The molecule has 0 amide bonds.